The molecule has 19 heavy (non-hydrogen) atoms. The third-order valence-corrected chi connectivity index (χ3v) is 3.13. The number of nitrogens with zero attached hydrogens (tertiary/aromatic N) is 1. The molecular weight excluding hydrogens is 246 g/mol. The van der Waals surface area contributed by atoms with E-state index in [2.05, 4.69) is 10.3 Å². The molecule has 0 fully saturated rings. The lowest BCUT2D eigenvalue weighted by atomic mass is 9.99. The van der Waals surface area contributed by atoms with E-state index >= 15 is 0 Å². The Bertz CT molecular complexity index is 509. The van der Waals surface area contributed by atoms with Gasteiger partial charge < -0.3 is 5.32 Å². The topological polar surface area (TPSA) is 24.9 Å². The van der Waals surface area contributed by atoms with Gasteiger partial charge in [0.15, 0.2) is 0 Å². The summed E-state index contributed by atoms with van der Waals surface area (Å²) in [6.45, 7) is 0. The summed E-state index contributed by atoms with van der Waals surface area (Å²) >= 11 is 0. The zero-order chi connectivity index (χ0) is 13.7. The normalized spacial score (nSPS) is 12.4. The number of nitrogens with one attached hydrogen (secondary N) is 1. The maximum Gasteiger partial charge on any atom is 0.129 e. The fourth-order valence-electron chi connectivity index (χ4n) is 2.05. The van der Waals surface area contributed by atoms with Gasteiger partial charge in [0, 0.05) is 24.0 Å². The second-order valence-electron chi connectivity index (χ2n) is 4.46. The van der Waals surface area contributed by atoms with Gasteiger partial charge in [0.2, 0.25) is 0 Å². The van der Waals surface area contributed by atoms with Crippen molar-refractivity contribution in [3.8, 4) is 0 Å². The van der Waals surface area contributed by atoms with Crippen LogP contribution in [0.2, 0.25) is 0 Å². The van der Waals surface area contributed by atoms with Gasteiger partial charge in [-0.15, -0.1) is 0 Å². The van der Waals surface area contributed by atoms with Crippen molar-refractivity contribution in [3.63, 3.8) is 0 Å². The zero-order valence-electron chi connectivity index (χ0n) is 10.7. The summed E-state index contributed by atoms with van der Waals surface area (Å²) in [5, 5.41) is 3.09. The Morgan fingerprint density at radius 1 is 1.11 bits per heavy atom. The van der Waals surface area contributed by atoms with Gasteiger partial charge in [-0.3, -0.25) is 4.98 Å². The summed E-state index contributed by atoms with van der Waals surface area (Å²) in [6.07, 6.45) is 4.46. The van der Waals surface area contributed by atoms with E-state index in [0.717, 1.165) is 5.56 Å². The van der Waals surface area contributed by atoms with E-state index in [1.54, 1.807) is 19.4 Å². The third kappa shape index (κ3) is 3.58. The quantitative estimate of drug-likeness (QED) is 0.896. The molecule has 1 aromatic carbocycles. The largest absolute Gasteiger partial charge is 0.316 e. The molecule has 0 amide bonds. The second-order valence-corrected chi connectivity index (χ2v) is 4.46. The van der Waals surface area contributed by atoms with Crippen LogP contribution in [0.1, 0.15) is 11.1 Å². The van der Waals surface area contributed by atoms with E-state index in [9.17, 15) is 8.78 Å². The van der Waals surface area contributed by atoms with Gasteiger partial charge in [-0.1, -0.05) is 12.1 Å². The summed E-state index contributed by atoms with van der Waals surface area (Å²) < 4.78 is 27.2. The van der Waals surface area contributed by atoms with Gasteiger partial charge in [0.1, 0.15) is 11.6 Å². The monoisotopic (exact) mass is 262 g/mol. The average Bonchev–Trinajstić information content (AvgIpc) is 2.43. The molecular formula is C15H16F2N2. The first kappa shape index (κ1) is 13.6. The van der Waals surface area contributed by atoms with Crippen molar-refractivity contribution >= 4 is 0 Å². The Morgan fingerprint density at radius 2 is 1.84 bits per heavy atom. The Balaban J connectivity index is 2.11. The maximum absolute atomic E-state index is 13.6. The zero-order valence-corrected chi connectivity index (χ0v) is 10.7. The standard InChI is InChI=1S/C15H16F2N2/c1-18-12(8-11-4-3-7-19-10-11)9-13-14(16)5-2-6-15(13)17/h2-7,10,12,18H,8-9H2,1H3. The summed E-state index contributed by atoms with van der Waals surface area (Å²) in [5.41, 5.74) is 1.17. The summed E-state index contributed by atoms with van der Waals surface area (Å²) in [6, 6.07) is 7.73. The van der Waals surface area contributed by atoms with Crippen LogP contribution in [0.3, 0.4) is 0 Å². The molecule has 1 unspecified atom stereocenters. The van der Waals surface area contributed by atoms with Crippen molar-refractivity contribution in [2.75, 3.05) is 7.05 Å². The molecule has 1 heterocycles. The SMILES string of the molecule is CNC(Cc1cccnc1)Cc1c(F)cccc1F. The Morgan fingerprint density at radius 3 is 2.42 bits per heavy atom. The van der Waals surface area contributed by atoms with Crippen LogP contribution in [0.4, 0.5) is 8.78 Å². The first-order chi connectivity index (χ1) is 9.20. The van der Waals surface area contributed by atoms with Crippen LogP contribution in [-0.4, -0.2) is 18.1 Å². The van der Waals surface area contributed by atoms with Crippen LogP contribution >= 0.6 is 0 Å². The lowest BCUT2D eigenvalue weighted by molar-refractivity contribution is 0.501. The van der Waals surface area contributed by atoms with E-state index in [-0.39, 0.29) is 11.6 Å². The highest BCUT2D eigenvalue weighted by Gasteiger charge is 2.15. The van der Waals surface area contributed by atoms with Crippen LogP contribution in [-0.2, 0) is 12.8 Å². The molecule has 0 aliphatic heterocycles. The van der Waals surface area contributed by atoms with E-state index in [4.69, 9.17) is 0 Å². The van der Waals surface area contributed by atoms with Gasteiger partial charge in [-0.25, -0.2) is 8.78 Å². The second kappa shape index (κ2) is 6.38. The van der Waals surface area contributed by atoms with Crippen LogP contribution < -0.4 is 5.32 Å². The van der Waals surface area contributed by atoms with E-state index in [0.29, 0.717) is 12.8 Å². The predicted molar refractivity (Wildman–Crippen MR) is 70.9 cm³/mol. The van der Waals surface area contributed by atoms with Gasteiger partial charge in [0.05, 0.1) is 0 Å². The van der Waals surface area contributed by atoms with Crippen molar-refractivity contribution in [1.29, 1.82) is 0 Å². The molecule has 4 heteroatoms. The Labute approximate surface area is 111 Å². The Kier molecular flexibility index (Phi) is 4.58. The summed E-state index contributed by atoms with van der Waals surface area (Å²) in [5.74, 6) is -0.988. The highest BCUT2D eigenvalue weighted by Crippen LogP contribution is 2.15. The molecule has 2 aromatic rings. The lowest BCUT2D eigenvalue weighted by Crippen LogP contribution is -2.30. The predicted octanol–water partition coefficient (Wildman–Crippen LogP) is 2.73. The third-order valence-electron chi connectivity index (χ3n) is 3.13. The van der Waals surface area contributed by atoms with Gasteiger partial charge in [-0.2, -0.15) is 0 Å². The molecule has 1 aromatic heterocycles. The number of aromatic nitrogens is 1. The van der Waals surface area contributed by atoms with E-state index in [1.807, 2.05) is 12.1 Å². The van der Waals surface area contributed by atoms with Crippen LogP contribution in [0, 0.1) is 11.6 Å². The molecule has 0 aliphatic carbocycles. The fourth-order valence-corrected chi connectivity index (χ4v) is 2.05. The van der Waals surface area contributed by atoms with Crippen molar-refractivity contribution in [1.82, 2.24) is 10.3 Å². The molecule has 1 atom stereocenters. The molecule has 2 nitrogen and oxygen atoms in total. The minimum atomic E-state index is -0.494. The molecule has 0 saturated heterocycles. The van der Waals surface area contributed by atoms with E-state index in [1.165, 1.54) is 18.2 Å². The number of halogens is 2. The smallest absolute Gasteiger partial charge is 0.129 e. The van der Waals surface area contributed by atoms with Gasteiger partial charge >= 0.3 is 0 Å². The molecule has 2 rings (SSSR count). The summed E-state index contributed by atoms with van der Waals surface area (Å²) in [4.78, 5) is 4.04. The number of rotatable bonds is 5. The van der Waals surface area contributed by atoms with Gasteiger partial charge in [-0.05, 0) is 43.7 Å². The fraction of sp³-hybridized carbons (Fsp3) is 0.267. The molecule has 100 valence electrons. The molecule has 0 aliphatic rings. The Hall–Kier alpha value is -1.81. The van der Waals surface area contributed by atoms with Crippen molar-refractivity contribution < 1.29 is 8.78 Å². The number of benzene rings is 1. The van der Waals surface area contributed by atoms with Crippen LogP contribution in [0.15, 0.2) is 42.7 Å². The molecule has 0 bridgehead atoms. The minimum Gasteiger partial charge on any atom is -0.316 e. The maximum atomic E-state index is 13.6. The highest BCUT2D eigenvalue weighted by atomic mass is 19.1. The first-order valence-electron chi connectivity index (χ1n) is 6.19. The number of pyridine rings is 1. The minimum absolute atomic E-state index is 0.0319. The van der Waals surface area contributed by atoms with E-state index < -0.39 is 11.6 Å². The van der Waals surface area contributed by atoms with Crippen LogP contribution in [0.25, 0.3) is 0 Å². The first-order valence-corrected chi connectivity index (χ1v) is 6.19. The number of hydrogen-bond acceptors (Lipinski definition) is 2. The highest BCUT2D eigenvalue weighted by molar-refractivity contribution is 5.21. The molecule has 1 N–H and O–H groups in total. The molecule has 0 radical (unpaired) electrons. The molecule has 0 spiro atoms. The lowest BCUT2D eigenvalue weighted by Gasteiger charge is -2.17. The van der Waals surface area contributed by atoms with Crippen molar-refractivity contribution in [2.24, 2.45) is 0 Å². The average molecular weight is 262 g/mol. The van der Waals surface area contributed by atoms with Crippen molar-refractivity contribution in [3.05, 3.63) is 65.5 Å². The number of hydrogen-bond donors (Lipinski definition) is 1. The van der Waals surface area contributed by atoms with Crippen molar-refractivity contribution in [2.45, 2.75) is 18.9 Å². The van der Waals surface area contributed by atoms with Crippen LogP contribution in [0.5, 0.6) is 0 Å². The van der Waals surface area contributed by atoms with Gasteiger partial charge in [0.25, 0.3) is 0 Å². The summed E-state index contributed by atoms with van der Waals surface area (Å²) in [7, 11) is 1.79. The number of likely N-dealkylation sites (N-methyl/N-ethyl adjacent to an activating group) is 1. The molecule has 0 saturated carbocycles.